The van der Waals surface area contributed by atoms with Crippen LogP contribution in [0.3, 0.4) is 0 Å². The summed E-state index contributed by atoms with van der Waals surface area (Å²) in [5.41, 5.74) is 34.9. The summed E-state index contributed by atoms with van der Waals surface area (Å²) < 4.78 is 0. The van der Waals surface area contributed by atoms with E-state index in [4.69, 9.17) is 34.4 Å². The molecule has 32 heteroatoms. The lowest BCUT2D eigenvalue weighted by molar-refractivity contribution is -0.153. The standard InChI is InChI=1S/C61H84N18O13S/c62-59(63)68-21-5-13-40(73-50(83)33-17-19-37(20-18-33)71-61(66)67)54(87)76-23-7-16-45(76)56(89)78-31-38(81)27-46(78)52(85)70-29-49(82)72-42(28-39-12-8-24-93-39)51(84)75-43(32-80)55(88)77-30-36-11-2-1-9-34(36)25-48(77)57(90)79-44-15-4-3-10-35(44)26-47(79)53(86)74-41(58(91)92)14-6-22-69-60(64)65/h1-2,8-9,11-12,17-20,24,35,38,40-48,80-81H,3-7,10,13-16,21-23,25-32H2,(H,70,85)(H,72,82)(H,73,83)(H,74,86)(H,75,84)(H,91,92)(H4,62,63,68)(H4,64,65,69)(H4,66,67,71)/t35-,38+,40-,41-,42-,43-,44-,45-,46-,47-,48+/m0/s1. The molecular weight excluding hydrogens is 1220 g/mol. The van der Waals surface area contributed by atoms with E-state index in [1.165, 1.54) is 50.3 Å². The number of benzene rings is 2. The van der Waals surface area contributed by atoms with Crippen LogP contribution in [0.2, 0.25) is 0 Å². The number of nitrogens with one attached hydrogen (secondary N) is 5. The first-order chi connectivity index (χ1) is 44.5. The van der Waals surface area contributed by atoms with Crippen LogP contribution in [0.4, 0.5) is 5.69 Å². The lowest BCUT2D eigenvalue weighted by atomic mass is 9.84. The highest BCUT2D eigenvalue weighted by molar-refractivity contribution is 7.09. The molecule has 2 aromatic carbocycles. The van der Waals surface area contributed by atoms with Gasteiger partial charge in [-0.3, -0.25) is 53.1 Å². The molecule has 1 aromatic heterocycles. The van der Waals surface area contributed by atoms with Gasteiger partial charge in [0.2, 0.25) is 47.3 Å². The van der Waals surface area contributed by atoms with Crippen molar-refractivity contribution in [3.8, 4) is 0 Å². The third kappa shape index (κ3) is 18.0. The van der Waals surface area contributed by atoms with Gasteiger partial charge in [-0.25, -0.2) is 9.79 Å². The summed E-state index contributed by atoms with van der Waals surface area (Å²) in [5, 5.41) is 46.9. The van der Waals surface area contributed by atoms with E-state index in [2.05, 4.69) is 41.6 Å². The Kier molecular flexibility index (Phi) is 24.1. The van der Waals surface area contributed by atoms with E-state index in [9.17, 15) is 58.5 Å². The van der Waals surface area contributed by atoms with Crippen molar-refractivity contribution in [2.24, 2.45) is 55.3 Å². The summed E-state index contributed by atoms with van der Waals surface area (Å²) >= 11 is 1.27. The molecule has 4 aliphatic heterocycles. The number of hydrogen-bond donors (Lipinski definition) is 14. The highest BCUT2D eigenvalue weighted by atomic mass is 32.1. The molecule has 0 spiro atoms. The largest absolute Gasteiger partial charge is 0.480 e. The number of aliphatic hydroxyl groups excluding tert-OH is 2. The molecule has 5 heterocycles. The van der Waals surface area contributed by atoms with Crippen molar-refractivity contribution in [2.75, 3.05) is 39.3 Å². The molecule has 4 fully saturated rings. The monoisotopic (exact) mass is 1310 g/mol. The van der Waals surface area contributed by atoms with Gasteiger partial charge in [0, 0.05) is 68.5 Å². The topological polar surface area (TPSA) is 498 Å². The highest BCUT2D eigenvalue weighted by Crippen LogP contribution is 2.41. The number of rotatable bonds is 27. The van der Waals surface area contributed by atoms with Crippen LogP contribution in [0.25, 0.3) is 0 Å². The minimum atomic E-state index is -1.67. The number of thiophene rings is 1. The Balaban J connectivity index is 0.933. The fourth-order valence-corrected chi connectivity index (χ4v) is 13.8. The summed E-state index contributed by atoms with van der Waals surface area (Å²) in [6.07, 6.45) is 2.88. The van der Waals surface area contributed by atoms with Crippen molar-refractivity contribution in [3.05, 3.63) is 87.6 Å². The number of carboxylic acids is 1. The number of carbonyl (C=O) groups is 10. The number of nitrogens with two attached hydrogens (primary N) is 6. The number of carbonyl (C=O) groups excluding carboxylic acids is 9. The predicted molar refractivity (Wildman–Crippen MR) is 341 cm³/mol. The molecule has 0 unspecified atom stereocenters. The minimum Gasteiger partial charge on any atom is -0.480 e. The number of fused-ring (bicyclic) bond motifs is 2. The summed E-state index contributed by atoms with van der Waals surface area (Å²) in [7, 11) is 0. The molecule has 3 saturated heterocycles. The van der Waals surface area contributed by atoms with Crippen molar-refractivity contribution in [1.82, 2.24) is 46.2 Å². The van der Waals surface area contributed by atoms with E-state index in [1.54, 1.807) is 35.7 Å². The molecule has 1 aliphatic carbocycles. The Morgan fingerprint density at radius 1 is 0.634 bits per heavy atom. The van der Waals surface area contributed by atoms with Gasteiger partial charge in [0.15, 0.2) is 17.9 Å². The van der Waals surface area contributed by atoms with E-state index in [0.717, 1.165) is 29.7 Å². The summed E-state index contributed by atoms with van der Waals surface area (Å²) in [5.74, 6) is -8.35. The zero-order chi connectivity index (χ0) is 67.0. The normalized spacial score (nSPS) is 21.9. The third-order valence-corrected chi connectivity index (χ3v) is 18.4. The fourth-order valence-electron chi connectivity index (χ4n) is 13.0. The number of β-amino-alcohol motifs (C(OH)–C–C–N with tert-alkyl or cyclic N) is 1. The Morgan fingerprint density at radius 2 is 1.31 bits per heavy atom. The quantitative estimate of drug-likeness (QED) is 0.0203. The molecule has 11 atom stereocenters. The second-order valence-corrected chi connectivity index (χ2v) is 25.0. The number of nitrogens with zero attached hydrogens (tertiary/aromatic N) is 7. The maximum absolute atomic E-state index is 15.4. The van der Waals surface area contributed by atoms with Crippen LogP contribution in [0, 0.1) is 5.92 Å². The van der Waals surface area contributed by atoms with Gasteiger partial charge < -0.3 is 95.9 Å². The first-order valence-corrected chi connectivity index (χ1v) is 32.0. The van der Waals surface area contributed by atoms with Crippen LogP contribution in [0.15, 0.2) is 81.0 Å². The number of carboxylic acid groups (broad SMARTS) is 1. The number of likely N-dealkylation sites (tertiary alicyclic amines) is 3. The van der Waals surface area contributed by atoms with Crippen molar-refractivity contribution in [3.63, 3.8) is 0 Å². The molecule has 20 N–H and O–H groups in total. The average Bonchev–Trinajstić information content (AvgIpc) is 1.70. The van der Waals surface area contributed by atoms with Crippen molar-refractivity contribution in [1.29, 1.82) is 0 Å². The van der Waals surface area contributed by atoms with E-state index >= 15 is 4.79 Å². The molecular formula is C61H84N18O13S. The summed E-state index contributed by atoms with van der Waals surface area (Å²) in [6.45, 7) is -1.67. The van der Waals surface area contributed by atoms with E-state index in [-0.39, 0.29) is 120 Å². The zero-order valence-electron chi connectivity index (χ0n) is 51.5. The molecule has 0 radical (unpaired) electrons. The molecule has 9 amide bonds. The Bertz CT molecular complexity index is 3300. The maximum Gasteiger partial charge on any atom is 0.326 e. The molecule has 8 rings (SSSR count). The third-order valence-electron chi connectivity index (χ3n) is 17.5. The molecule has 502 valence electrons. The molecule has 31 nitrogen and oxygen atoms in total. The van der Waals surface area contributed by atoms with E-state index < -0.39 is 133 Å². The van der Waals surface area contributed by atoms with Crippen LogP contribution in [0.5, 0.6) is 0 Å². The first kappa shape index (κ1) is 69.5. The van der Waals surface area contributed by atoms with Crippen molar-refractivity contribution >= 4 is 94.0 Å². The van der Waals surface area contributed by atoms with Crippen molar-refractivity contribution in [2.45, 2.75) is 157 Å². The highest BCUT2D eigenvalue weighted by Gasteiger charge is 2.52. The van der Waals surface area contributed by atoms with Gasteiger partial charge in [-0.15, -0.1) is 11.3 Å². The van der Waals surface area contributed by atoms with Gasteiger partial charge in [0.05, 0.1) is 24.9 Å². The Morgan fingerprint density at radius 3 is 1.97 bits per heavy atom. The number of aliphatic imine (C=N–C) groups is 3. The lowest BCUT2D eigenvalue weighted by Crippen LogP contribution is -2.63. The van der Waals surface area contributed by atoms with Crippen LogP contribution < -0.4 is 61.0 Å². The van der Waals surface area contributed by atoms with Crippen LogP contribution in [-0.2, 0) is 62.5 Å². The lowest BCUT2D eigenvalue weighted by Gasteiger charge is -2.42. The van der Waals surface area contributed by atoms with Crippen LogP contribution >= 0.6 is 11.3 Å². The SMILES string of the molecule is NC(N)=NCCC[C@H](NC(=O)[C@@H]1C[C@@H]2CCCC[C@@H]2N1C(=O)[C@H]1Cc2ccccc2CN1C(=O)[C@H](CO)NC(=O)[C@H](Cc1cccs1)NC(=O)CNC(=O)[C@@H]1C[C@@H](O)CN1C(=O)[C@@H]1CCCN1C(=O)[C@H](CCCN=C(N)N)NC(=O)c1ccc(N=C(N)N)cc1)C(=O)O. The van der Waals surface area contributed by atoms with Gasteiger partial charge in [-0.1, -0.05) is 43.2 Å². The second kappa shape index (κ2) is 32.2. The minimum absolute atomic E-state index is 0.0000574. The molecule has 0 bridgehead atoms. The van der Waals surface area contributed by atoms with Gasteiger partial charge in [-0.2, -0.15) is 0 Å². The molecule has 93 heavy (non-hydrogen) atoms. The first-order valence-electron chi connectivity index (χ1n) is 31.1. The fraction of sp³-hybridized carbons (Fsp3) is 0.525. The van der Waals surface area contributed by atoms with E-state index in [1.807, 2.05) is 6.07 Å². The summed E-state index contributed by atoms with van der Waals surface area (Å²) in [6, 6.07) is 5.94. The molecule has 3 aromatic rings. The average molecular weight is 1310 g/mol. The van der Waals surface area contributed by atoms with Crippen LogP contribution in [-0.4, -0.2) is 212 Å². The number of guanidine groups is 3. The van der Waals surface area contributed by atoms with Gasteiger partial charge >= 0.3 is 5.97 Å². The Labute approximate surface area is 540 Å². The number of aliphatic hydroxyl groups is 2. The van der Waals surface area contributed by atoms with Gasteiger partial charge in [0.1, 0.15) is 48.3 Å². The summed E-state index contributed by atoms with van der Waals surface area (Å²) in [4.78, 5) is 160. The van der Waals surface area contributed by atoms with E-state index in [0.29, 0.717) is 29.0 Å². The number of amides is 9. The number of hydrogen-bond acceptors (Lipinski definition) is 16. The molecule has 1 saturated carbocycles. The van der Waals surface area contributed by atoms with Crippen LogP contribution in [0.1, 0.15) is 103 Å². The van der Waals surface area contributed by atoms with Gasteiger partial charge in [-0.05, 0) is 111 Å². The predicted octanol–water partition coefficient (Wildman–Crippen LogP) is -3.19. The molecule has 5 aliphatic rings. The van der Waals surface area contributed by atoms with Gasteiger partial charge in [0.25, 0.3) is 5.91 Å². The smallest absolute Gasteiger partial charge is 0.326 e. The maximum atomic E-state index is 15.4. The Hall–Kier alpha value is -9.43. The van der Waals surface area contributed by atoms with Crippen molar-refractivity contribution < 1.29 is 63.3 Å². The second-order valence-electron chi connectivity index (χ2n) is 23.9. The number of aliphatic carboxylic acids is 1. The zero-order valence-corrected chi connectivity index (χ0v) is 52.3.